The van der Waals surface area contributed by atoms with E-state index in [1.54, 1.807) is 12.1 Å². The van der Waals surface area contributed by atoms with Crippen molar-refractivity contribution in [2.24, 2.45) is 0 Å². The van der Waals surface area contributed by atoms with Gasteiger partial charge in [-0.25, -0.2) is 13.6 Å². The Morgan fingerprint density at radius 3 is 2.50 bits per heavy atom. The van der Waals surface area contributed by atoms with E-state index < -0.39 is 17.6 Å². The summed E-state index contributed by atoms with van der Waals surface area (Å²) in [7, 11) is 1.23. The van der Waals surface area contributed by atoms with E-state index in [0.29, 0.717) is 0 Å². The molecule has 0 aromatic heterocycles. The number of hydrogen-bond acceptors (Lipinski definition) is 4. The minimum atomic E-state index is -1.02. The first kappa shape index (κ1) is 13.8. The summed E-state index contributed by atoms with van der Waals surface area (Å²) < 4.78 is 31.3. The van der Waals surface area contributed by atoms with Gasteiger partial charge < -0.3 is 15.8 Å². The number of ether oxygens (including phenoxy) is 1. The smallest absolute Gasteiger partial charge is 0.340 e. The van der Waals surface area contributed by atoms with Gasteiger partial charge in [0.05, 0.1) is 29.7 Å². The average Bonchev–Trinajstić information content (AvgIpc) is 2.45. The van der Waals surface area contributed by atoms with Gasteiger partial charge in [-0.1, -0.05) is 12.1 Å². The molecule has 0 saturated heterocycles. The average molecular weight is 278 g/mol. The lowest BCUT2D eigenvalue weighted by molar-refractivity contribution is 0.0602. The van der Waals surface area contributed by atoms with Crippen LogP contribution < -0.4 is 11.1 Å². The van der Waals surface area contributed by atoms with Crippen LogP contribution in [0.25, 0.3) is 0 Å². The molecule has 2 aromatic carbocycles. The first-order valence-corrected chi connectivity index (χ1v) is 5.72. The van der Waals surface area contributed by atoms with E-state index in [4.69, 9.17) is 5.73 Å². The molecule has 0 bridgehead atoms. The fraction of sp³-hybridized carbons (Fsp3) is 0.0714. The first-order valence-electron chi connectivity index (χ1n) is 5.72. The van der Waals surface area contributed by atoms with Gasteiger partial charge in [-0.05, 0) is 24.3 Å². The summed E-state index contributed by atoms with van der Waals surface area (Å²) in [5.41, 5.74) is 6.28. The molecule has 0 radical (unpaired) electrons. The molecule has 20 heavy (non-hydrogen) atoms. The van der Waals surface area contributed by atoms with Crippen LogP contribution in [0.3, 0.4) is 0 Å². The molecule has 0 spiro atoms. The topological polar surface area (TPSA) is 64.3 Å². The number of nitrogen functional groups attached to an aromatic ring is 1. The highest BCUT2D eigenvalue weighted by Gasteiger charge is 2.14. The van der Waals surface area contributed by atoms with Crippen LogP contribution in [0.1, 0.15) is 10.4 Å². The monoisotopic (exact) mass is 278 g/mol. The van der Waals surface area contributed by atoms with E-state index in [9.17, 15) is 13.6 Å². The summed E-state index contributed by atoms with van der Waals surface area (Å²) in [6.45, 7) is 0. The van der Waals surface area contributed by atoms with E-state index in [2.05, 4.69) is 10.1 Å². The van der Waals surface area contributed by atoms with Crippen LogP contribution in [-0.2, 0) is 4.74 Å². The predicted molar refractivity (Wildman–Crippen MR) is 71.8 cm³/mol. The third kappa shape index (κ3) is 2.54. The van der Waals surface area contributed by atoms with Crippen LogP contribution in [0.15, 0.2) is 36.4 Å². The fourth-order valence-corrected chi connectivity index (χ4v) is 1.71. The second-order valence-corrected chi connectivity index (χ2v) is 3.98. The molecular weight excluding hydrogens is 266 g/mol. The summed E-state index contributed by atoms with van der Waals surface area (Å²) in [5, 5.41) is 2.65. The summed E-state index contributed by atoms with van der Waals surface area (Å²) in [5.74, 6) is -2.60. The number of nitrogens with one attached hydrogen (secondary N) is 1. The van der Waals surface area contributed by atoms with Crippen molar-refractivity contribution >= 4 is 23.0 Å². The number of anilines is 3. The van der Waals surface area contributed by atoms with Crippen molar-refractivity contribution in [2.75, 3.05) is 18.2 Å². The molecule has 104 valence electrons. The number of halogens is 2. The van der Waals surface area contributed by atoms with E-state index in [0.717, 1.165) is 6.07 Å². The van der Waals surface area contributed by atoms with Gasteiger partial charge in [0.2, 0.25) is 0 Å². The Kier molecular flexibility index (Phi) is 3.84. The van der Waals surface area contributed by atoms with Gasteiger partial charge >= 0.3 is 5.97 Å². The normalized spacial score (nSPS) is 10.2. The molecule has 2 rings (SSSR count). The summed E-state index contributed by atoms with van der Waals surface area (Å²) in [6.07, 6.45) is 0. The number of rotatable bonds is 3. The molecule has 0 amide bonds. The molecule has 0 saturated carbocycles. The predicted octanol–water partition coefficient (Wildman–Crippen LogP) is 3.08. The lowest BCUT2D eigenvalue weighted by atomic mass is 10.1. The molecule has 0 aliphatic rings. The fourth-order valence-electron chi connectivity index (χ4n) is 1.71. The van der Waals surface area contributed by atoms with E-state index >= 15 is 0 Å². The van der Waals surface area contributed by atoms with Crippen LogP contribution in [0.5, 0.6) is 0 Å². The van der Waals surface area contributed by atoms with Crippen molar-refractivity contribution < 1.29 is 18.3 Å². The van der Waals surface area contributed by atoms with Crippen LogP contribution in [-0.4, -0.2) is 13.1 Å². The Balaban J connectivity index is 2.39. The SMILES string of the molecule is COC(=O)c1cccc(Nc2cccc(F)c2F)c1N. The lowest BCUT2D eigenvalue weighted by Gasteiger charge is -2.12. The van der Waals surface area contributed by atoms with Crippen molar-refractivity contribution in [1.82, 2.24) is 0 Å². The number of benzene rings is 2. The maximum absolute atomic E-state index is 13.6. The van der Waals surface area contributed by atoms with E-state index in [-0.39, 0.29) is 22.6 Å². The number of carbonyl (C=O) groups is 1. The Morgan fingerprint density at radius 2 is 1.80 bits per heavy atom. The number of esters is 1. The van der Waals surface area contributed by atoms with Crippen LogP contribution in [0.4, 0.5) is 25.8 Å². The third-order valence-corrected chi connectivity index (χ3v) is 2.73. The molecule has 2 aromatic rings. The van der Waals surface area contributed by atoms with Crippen molar-refractivity contribution in [3.8, 4) is 0 Å². The Bertz CT molecular complexity index is 660. The Hall–Kier alpha value is -2.63. The first-order chi connectivity index (χ1) is 9.54. The molecule has 0 fully saturated rings. The summed E-state index contributed by atoms with van der Waals surface area (Å²) >= 11 is 0. The quantitative estimate of drug-likeness (QED) is 0.669. The van der Waals surface area contributed by atoms with Gasteiger partial charge in [0, 0.05) is 0 Å². The molecule has 0 unspecified atom stereocenters. The number of hydrogen-bond donors (Lipinski definition) is 2. The van der Waals surface area contributed by atoms with Crippen molar-refractivity contribution in [3.05, 3.63) is 53.6 Å². The van der Waals surface area contributed by atoms with Crippen LogP contribution in [0.2, 0.25) is 0 Å². The summed E-state index contributed by atoms with van der Waals surface area (Å²) in [6, 6.07) is 8.32. The maximum Gasteiger partial charge on any atom is 0.340 e. The Morgan fingerprint density at radius 1 is 1.15 bits per heavy atom. The van der Waals surface area contributed by atoms with Crippen LogP contribution in [0, 0.1) is 11.6 Å². The molecule has 0 aliphatic heterocycles. The van der Waals surface area contributed by atoms with Gasteiger partial charge in [-0.2, -0.15) is 0 Å². The second-order valence-electron chi connectivity index (χ2n) is 3.98. The molecule has 0 heterocycles. The lowest BCUT2D eigenvalue weighted by Crippen LogP contribution is -2.08. The van der Waals surface area contributed by atoms with Crippen molar-refractivity contribution in [1.29, 1.82) is 0 Å². The molecule has 4 nitrogen and oxygen atoms in total. The van der Waals surface area contributed by atoms with Gasteiger partial charge in [0.1, 0.15) is 0 Å². The number of para-hydroxylation sites is 1. The van der Waals surface area contributed by atoms with E-state index in [1.165, 1.54) is 25.3 Å². The number of nitrogens with two attached hydrogens (primary N) is 1. The summed E-state index contributed by atoms with van der Waals surface area (Å²) in [4.78, 5) is 11.5. The van der Waals surface area contributed by atoms with E-state index in [1.807, 2.05) is 0 Å². The minimum Gasteiger partial charge on any atom is -0.465 e. The minimum absolute atomic E-state index is 0.0706. The van der Waals surface area contributed by atoms with Gasteiger partial charge in [0.25, 0.3) is 0 Å². The highest BCUT2D eigenvalue weighted by atomic mass is 19.2. The molecule has 3 N–H and O–H groups in total. The molecule has 6 heteroatoms. The number of carbonyl (C=O) groups excluding carboxylic acids is 1. The van der Waals surface area contributed by atoms with Gasteiger partial charge in [0.15, 0.2) is 11.6 Å². The van der Waals surface area contributed by atoms with Crippen molar-refractivity contribution in [3.63, 3.8) is 0 Å². The largest absolute Gasteiger partial charge is 0.465 e. The third-order valence-electron chi connectivity index (χ3n) is 2.73. The zero-order chi connectivity index (χ0) is 14.7. The molecule has 0 atom stereocenters. The Labute approximate surface area is 114 Å². The maximum atomic E-state index is 13.6. The highest BCUT2D eigenvalue weighted by molar-refractivity contribution is 5.98. The number of methoxy groups -OCH3 is 1. The van der Waals surface area contributed by atoms with Gasteiger partial charge in [-0.3, -0.25) is 0 Å². The standard InChI is InChI=1S/C14H12F2N2O2/c1-20-14(19)8-4-2-7-11(13(8)17)18-10-6-3-5-9(15)12(10)16/h2-7,18H,17H2,1H3. The zero-order valence-corrected chi connectivity index (χ0v) is 10.6. The second kappa shape index (κ2) is 5.56. The molecular formula is C14H12F2N2O2. The highest BCUT2D eigenvalue weighted by Crippen LogP contribution is 2.28. The van der Waals surface area contributed by atoms with Crippen molar-refractivity contribution in [2.45, 2.75) is 0 Å². The molecule has 0 aliphatic carbocycles. The zero-order valence-electron chi connectivity index (χ0n) is 10.6. The van der Waals surface area contributed by atoms with Crippen LogP contribution >= 0.6 is 0 Å². The van der Waals surface area contributed by atoms with Gasteiger partial charge in [-0.15, -0.1) is 0 Å².